The summed E-state index contributed by atoms with van der Waals surface area (Å²) in [7, 11) is 0. The Morgan fingerprint density at radius 1 is 1.03 bits per heavy atom. The highest BCUT2D eigenvalue weighted by Gasteiger charge is 2.24. The number of benzene rings is 3. The lowest BCUT2D eigenvalue weighted by molar-refractivity contribution is -0.137. The van der Waals surface area contributed by atoms with E-state index in [9.17, 15) is 9.90 Å². The van der Waals surface area contributed by atoms with E-state index >= 15 is 0 Å². The first-order valence-electron chi connectivity index (χ1n) is 9.61. The molecular weight excluding hydrogens is 364 g/mol. The van der Waals surface area contributed by atoms with Crippen LogP contribution >= 0.6 is 0 Å². The molecule has 0 unspecified atom stereocenters. The van der Waals surface area contributed by atoms with Gasteiger partial charge in [-0.2, -0.15) is 0 Å². The second-order valence-corrected chi connectivity index (χ2v) is 7.27. The molecule has 0 saturated carbocycles. The van der Waals surface area contributed by atoms with Crippen molar-refractivity contribution in [3.05, 3.63) is 89.6 Å². The van der Waals surface area contributed by atoms with Gasteiger partial charge >= 0.3 is 5.97 Å². The molecule has 0 amide bonds. The maximum absolute atomic E-state index is 12.0. The van der Waals surface area contributed by atoms with E-state index < -0.39 is 12.0 Å². The van der Waals surface area contributed by atoms with Gasteiger partial charge in [-0.15, -0.1) is 0 Å². The van der Waals surface area contributed by atoms with Gasteiger partial charge in [-0.25, -0.2) is 4.79 Å². The molecule has 3 N–H and O–H groups in total. The van der Waals surface area contributed by atoms with Gasteiger partial charge in [-0.05, 0) is 35.4 Å². The van der Waals surface area contributed by atoms with Crippen molar-refractivity contribution in [2.45, 2.75) is 18.9 Å². The summed E-state index contributed by atoms with van der Waals surface area (Å²) in [5.74, 6) is 0.737. The first kappa shape index (κ1) is 17.4. The summed E-state index contributed by atoms with van der Waals surface area (Å²) in [4.78, 5) is 15.2. The van der Waals surface area contributed by atoms with Crippen molar-refractivity contribution < 1.29 is 14.6 Å². The predicted molar refractivity (Wildman–Crippen MR) is 113 cm³/mol. The second-order valence-electron chi connectivity index (χ2n) is 7.27. The first-order chi connectivity index (χ1) is 14.2. The van der Waals surface area contributed by atoms with E-state index in [1.807, 2.05) is 72.9 Å². The fraction of sp³-hybridized carbons (Fsp3) is 0.125. The topological polar surface area (TPSA) is 74.3 Å². The van der Waals surface area contributed by atoms with Crippen LogP contribution in [0.15, 0.2) is 72.9 Å². The quantitative estimate of drug-likeness (QED) is 0.400. The summed E-state index contributed by atoms with van der Waals surface area (Å²) in [6.07, 6.45) is 2.97. The van der Waals surface area contributed by atoms with Gasteiger partial charge in [0.1, 0.15) is 17.5 Å². The van der Waals surface area contributed by atoms with Crippen LogP contribution in [-0.2, 0) is 17.6 Å². The lowest BCUT2D eigenvalue weighted by Crippen LogP contribution is -2.32. The number of aromatic amines is 1. The van der Waals surface area contributed by atoms with Gasteiger partial charge < -0.3 is 20.1 Å². The number of H-pyrrole nitrogens is 1. The number of hydrogen-bond acceptors (Lipinski definition) is 3. The van der Waals surface area contributed by atoms with E-state index in [0.29, 0.717) is 12.8 Å². The maximum Gasteiger partial charge on any atom is 0.326 e. The van der Waals surface area contributed by atoms with E-state index in [4.69, 9.17) is 4.74 Å². The number of rotatable bonds is 5. The van der Waals surface area contributed by atoms with E-state index in [2.05, 4.69) is 10.3 Å². The SMILES string of the molecule is O=C(O)[C@H](Cc1c[nH]c2ccccc12)Nc1cccc2c1Cc1ccccc1O2. The van der Waals surface area contributed by atoms with Crippen molar-refractivity contribution in [1.29, 1.82) is 0 Å². The summed E-state index contributed by atoms with van der Waals surface area (Å²) in [6, 6.07) is 20.8. The molecule has 0 aliphatic carbocycles. The average molecular weight is 384 g/mol. The number of aliphatic carboxylic acids is 1. The Kier molecular flexibility index (Phi) is 4.21. The van der Waals surface area contributed by atoms with Crippen LogP contribution in [0.2, 0.25) is 0 Å². The molecule has 5 rings (SSSR count). The fourth-order valence-corrected chi connectivity index (χ4v) is 3.95. The summed E-state index contributed by atoms with van der Waals surface area (Å²) in [5.41, 5.74) is 4.86. The summed E-state index contributed by atoms with van der Waals surface area (Å²) in [6.45, 7) is 0. The molecule has 144 valence electrons. The Balaban J connectivity index is 1.45. The monoisotopic (exact) mass is 384 g/mol. The number of aromatic nitrogens is 1. The highest BCUT2D eigenvalue weighted by atomic mass is 16.5. The fourth-order valence-electron chi connectivity index (χ4n) is 3.95. The summed E-state index contributed by atoms with van der Waals surface area (Å²) in [5, 5.41) is 14.2. The van der Waals surface area contributed by atoms with Crippen LogP contribution in [0.4, 0.5) is 5.69 Å². The molecule has 0 radical (unpaired) electrons. The number of nitrogens with one attached hydrogen (secondary N) is 2. The Labute approximate surface area is 168 Å². The van der Waals surface area contributed by atoms with Gasteiger partial charge in [0.05, 0.1) is 0 Å². The van der Waals surface area contributed by atoms with E-state index in [-0.39, 0.29) is 0 Å². The molecule has 1 atom stereocenters. The number of carboxylic acid groups (broad SMARTS) is 1. The van der Waals surface area contributed by atoms with E-state index in [0.717, 1.165) is 44.8 Å². The lowest BCUT2D eigenvalue weighted by atomic mass is 9.97. The van der Waals surface area contributed by atoms with Crippen molar-refractivity contribution in [2.24, 2.45) is 0 Å². The smallest absolute Gasteiger partial charge is 0.326 e. The number of carbonyl (C=O) groups is 1. The predicted octanol–water partition coefficient (Wildman–Crippen LogP) is 4.97. The van der Waals surface area contributed by atoms with Crippen molar-refractivity contribution in [2.75, 3.05) is 5.32 Å². The number of fused-ring (bicyclic) bond motifs is 3. The first-order valence-corrected chi connectivity index (χ1v) is 9.61. The van der Waals surface area contributed by atoms with Crippen LogP contribution in [0, 0.1) is 0 Å². The van der Waals surface area contributed by atoms with Gasteiger partial charge in [0.15, 0.2) is 0 Å². The molecule has 1 aliphatic rings. The van der Waals surface area contributed by atoms with Gasteiger partial charge in [0, 0.05) is 41.2 Å². The molecule has 2 heterocycles. The van der Waals surface area contributed by atoms with Crippen molar-refractivity contribution >= 4 is 22.6 Å². The Morgan fingerprint density at radius 2 is 1.83 bits per heavy atom. The van der Waals surface area contributed by atoms with Crippen molar-refractivity contribution in [3.8, 4) is 11.5 Å². The molecule has 0 spiro atoms. The highest BCUT2D eigenvalue weighted by Crippen LogP contribution is 2.40. The third kappa shape index (κ3) is 3.21. The van der Waals surface area contributed by atoms with Crippen LogP contribution in [0.3, 0.4) is 0 Å². The zero-order valence-corrected chi connectivity index (χ0v) is 15.7. The number of ether oxygens (including phenoxy) is 1. The minimum Gasteiger partial charge on any atom is -0.480 e. The van der Waals surface area contributed by atoms with Gasteiger partial charge in [0.2, 0.25) is 0 Å². The maximum atomic E-state index is 12.0. The van der Waals surface area contributed by atoms with E-state index in [1.54, 1.807) is 0 Å². The van der Waals surface area contributed by atoms with Gasteiger partial charge in [-0.3, -0.25) is 0 Å². The molecule has 29 heavy (non-hydrogen) atoms. The second kappa shape index (κ2) is 7.02. The van der Waals surface area contributed by atoms with Crippen LogP contribution in [0.25, 0.3) is 10.9 Å². The molecule has 1 aromatic heterocycles. The average Bonchev–Trinajstić information content (AvgIpc) is 3.15. The van der Waals surface area contributed by atoms with Crippen molar-refractivity contribution in [1.82, 2.24) is 4.98 Å². The van der Waals surface area contributed by atoms with Gasteiger partial charge in [-0.1, -0.05) is 42.5 Å². The number of carboxylic acids is 1. The molecule has 4 aromatic rings. The Hall–Kier alpha value is -3.73. The highest BCUT2D eigenvalue weighted by molar-refractivity contribution is 5.85. The summed E-state index contributed by atoms with van der Waals surface area (Å²) < 4.78 is 6.03. The van der Waals surface area contributed by atoms with Crippen LogP contribution in [0.1, 0.15) is 16.7 Å². The zero-order valence-electron chi connectivity index (χ0n) is 15.7. The van der Waals surface area contributed by atoms with E-state index in [1.165, 1.54) is 0 Å². The number of hydrogen-bond donors (Lipinski definition) is 3. The lowest BCUT2D eigenvalue weighted by Gasteiger charge is -2.24. The molecule has 0 bridgehead atoms. The molecule has 5 heteroatoms. The normalized spacial score (nSPS) is 13.2. The molecule has 1 aliphatic heterocycles. The van der Waals surface area contributed by atoms with Crippen molar-refractivity contribution in [3.63, 3.8) is 0 Å². The molecule has 3 aromatic carbocycles. The minimum atomic E-state index is -0.884. The van der Waals surface area contributed by atoms with Crippen LogP contribution < -0.4 is 10.1 Å². The Bertz CT molecular complexity index is 1210. The largest absolute Gasteiger partial charge is 0.480 e. The zero-order chi connectivity index (χ0) is 19.8. The standard InChI is InChI=1S/C24H20N2O3/c27-24(28)21(13-16-14-25-19-8-3-2-7-17(16)19)26-20-9-5-11-23-18(20)12-15-6-1-4-10-22(15)29-23/h1-11,14,21,25-26H,12-13H2,(H,27,28)/t21-/m0/s1. The molecule has 0 fully saturated rings. The number of anilines is 1. The number of para-hydroxylation sites is 2. The molecule has 0 saturated heterocycles. The third-order valence-electron chi connectivity index (χ3n) is 5.42. The molecular formula is C24H20N2O3. The van der Waals surface area contributed by atoms with Crippen LogP contribution in [0.5, 0.6) is 11.5 Å². The molecule has 5 nitrogen and oxygen atoms in total. The minimum absolute atomic E-state index is 0.375. The summed E-state index contributed by atoms with van der Waals surface area (Å²) >= 11 is 0. The third-order valence-corrected chi connectivity index (χ3v) is 5.42. The van der Waals surface area contributed by atoms with Gasteiger partial charge in [0.25, 0.3) is 0 Å². The van der Waals surface area contributed by atoms with Crippen LogP contribution in [-0.4, -0.2) is 22.1 Å². The Morgan fingerprint density at radius 3 is 2.72 bits per heavy atom.